The van der Waals surface area contributed by atoms with Gasteiger partial charge in [-0.2, -0.15) is 0 Å². The Bertz CT molecular complexity index is 333. The number of aliphatic hydroxyl groups is 1. The van der Waals surface area contributed by atoms with Gasteiger partial charge < -0.3 is 10.4 Å². The van der Waals surface area contributed by atoms with Gasteiger partial charge in [0.1, 0.15) is 5.82 Å². The highest BCUT2D eigenvalue weighted by Crippen LogP contribution is 2.18. The van der Waals surface area contributed by atoms with E-state index in [1.807, 2.05) is 26.8 Å². The van der Waals surface area contributed by atoms with Crippen LogP contribution in [0.2, 0.25) is 0 Å². The molecule has 0 aliphatic carbocycles. The summed E-state index contributed by atoms with van der Waals surface area (Å²) in [5.74, 6) is -0.226. The molecule has 90 valence electrons. The average Bonchev–Trinajstić information content (AvgIpc) is 2.16. The van der Waals surface area contributed by atoms with E-state index in [0.29, 0.717) is 13.1 Å². The number of rotatable bonds is 4. The fourth-order valence-corrected chi connectivity index (χ4v) is 1.31. The third-order valence-electron chi connectivity index (χ3n) is 2.56. The van der Waals surface area contributed by atoms with E-state index in [9.17, 15) is 9.50 Å². The standard InChI is InChI=1S/C13H20FNO/c1-13(2,3)12(16)9-15-8-10-5-4-6-11(14)7-10/h4-7,12,15-16H,8-9H2,1-3H3. The topological polar surface area (TPSA) is 32.3 Å². The van der Waals surface area contributed by atoms with Crippen LogP contribution in [-0.2, 0) is 6.54 Å². The van der Waals surface area contributed by atoms with Crippen molar-refractivity contribution in [2.75, 3.05) is 6.54 Å². The molecule has 0 aliphatic heterocycles. The fourth-order valence-electron chi connectivity index (χ4n) is 1.31. The van der Waals surface area contributed by atoms with Crippen LogP contribution in [0.4, 0.5) is 4.39 Å². The molecule has 0 radical (unpaired) electrons. The van der Waals surface area contributed by atoms with Crippen molar-refractivity contribution in [2.45, 2.75) is 33.4 Å². The predicted octanol–water partition coefficient (Wildman–Crippen LogP) is 2.32. The summed E-state index contributed by atoms with van der Waals surface area (Å²) in [4.78, 5) is 0. The summed E-state index contributed by atoms with van der Waals surface area (Å²) >= 11 is 0. The first-order valence-electron chi connectivity index (χ1n) is 5.53. The Labute approximate surface area is 96.5 Å². The van der Waals surface area contributed by atoms with Crippen molar-refractivity contribution in [3.05, 3.63) is 35.6 Å². The van der Waals surface area contributed by atoms with E-state index < -0.39 is 6.10 Å². The van der Waals surface area contributed by atoms with Crippen molar-refractivity contribution < 1.29 is 9.50 Å². The van der Waals surface area contributed by atoms with Gasteiger partial charge in [-0.3, -0.25) is 0 Å². The van der Waals surface area contributed by atoms with E-state index >= 15 is 0 Å². The minimum Gasteiger partial charge on any atom is -0.391 e. The lowest BCUT2D eigenvalue weighted by Crippen LogP contribution is -2.36. The Hall–Kier alpha value is -0.930. The first-order chi connectivity index (χ1) is 7.39. The predicted molar refractivity (Wildman–Crippen MR) is 63.6 cm³/mol. The molecule has 0 heterocycles. The number of hydrogen-bond donors (Lipinski definition) is 2. The average molecular weight is 225 g/mol. The van der Waals surface area contributed by atoms with E-state index in [0.717, 1.165) is 5.56 Å². The number of aliphatic hydroxyl groups excluding tert-OH is 1. The molecule has 0 aliphatic rings. The van der Waals surface area contributed by atoms with E-state index in [4.69, 9.17) is 0 Å². The normalized spacial score (nSPS) is 13.8. The van der Waals surface area contributed by atoms with E-state index in [1.165, 1.54) is 12.1 Å². The van der Waals surface area contributed by atoms with Gasteiger partial charge in [-0.1, -0.05) is 32.9 Å². The highest BCUT2D eigenvalue weighted by Gasteiger charge is 2.21. The Kier molecular flexibility index (Phi) is 4.44. The Morgan fingerprint density at radius 3 is 2.62 bits per heavy atom. The van der Waals surface area contributed by atoms with Gasteiger partial charge in [0.15, 0.2) is 0 Å². The van der Waals surface area contributed by atoms with E-state index in [2.05, 4.69) is 5.32 Å². The van der Waals surface area contributed by atoms with Gasteiger partial charge in [-0.25, -0.2) is 4.39 Å². The highest BCUT2D eigenvalue weighted by molar-refractivity contribution is 5.15. The van der Waals surface area contributed by atoms with Crippen molar-refractivity contribution in [3.8, 4) is 0 Å². The van der Waals surface area contributed by atoms with Crippen molar-refractivity contribution in [1.82, 2.24) is 5.32 Å². The quantitative estimate of drug-likeness (QED) is 0.824. The third kappa shape index (κ3) is 4.29. The summed E-state index contributed by atoms with van der Waals surface area (Å²) < 4.78 is 12.9. The van der Waals surface area contributed by atoms with Gasteiger partial charge in [-0.05, 0) is 23.1 Å². The van der Waals surface area contributed by atoms with Gasteiger partial charge in [-0.15, -0.1) is 0 Å². The smallest absolute Gasteiger partial charge is 0.123 e. The molecule has 3 heteroatoms. The van der Waals surface area contributed by atoms with Crippen LogP contribution in [0.15, 0.2) is 24.3 Å². The van der Waals surface area contributed by atoms with Crippen LogP contribution in [0.3, 0.4) is 0 Å². The largest absolute Gasteiger partial charge is 0.391 e. The molecule has 1 unspecified atom stereocenters. The number of nitrogens with one attached hydrogen (secondary N) is 1. The van der Waals surface area contributed by atoms with Crippen LogP contribution >= 0.6 is 0 Å². The minimum absolute atomic E-state index is 0.130. The Balaban J connectivity index is 2.36. The molecule has 2 nitrogen and oxygen atoms in total. The maximum atomic E-state index is 12.9. The van der Waals surface area contributed by atoms with Crippen LogP contribution < -0.4 is 5.32 Å². The van der Waals surface area contributed by atoms with Crippen molar-refractivity contribution in [3.63, 3.8) is 0 Å². The van der Waals surface area contributed by atoms with Crippen LogP contribution in [0, 0.1) is 11.2 Å². The molecule has 0 saturated carbocycles. The molecule has 1 rings (SSSR count). The lowest BCUT2D eigenvalue weighted by molar-refractivity contribution is 0.0627. The van der Waals surface area contributed by atoms with E-state index in [1.54, 1.807) is 6.07 Å². The van der Waals surface area contributed by atoms with Gasteiger partial charge in [0.05, 0.1) is 6.10 Å². The number of halogens is 1. The highest BCUT2D eigenvalue weighted by atomic mass is 19.1. The molecule has 0 bridgehead atoms. The second-order valence-corrected chi connectivity index (χ2v) is 5.14. The van der Waals surface area contributed by atoms with Crippen LogP contribution in [0.25, 0.3) is 0 Å². The molecule has 1 aromatic carbocycles. The van der Waals surface area contributed by atoms with Crippen molar-refractivity contribution in [1.29, 1.82) is 0 Å². The zero-order valence-electron chi connectivity index (χ0n) is 10.1. The van der Waals surface area contributed by atoms with Gasteiger partial charge in [0, 0.05) is 13.1 Å². The second-order valence-electron chi connectivity index (χ2n) is 5.14. The molecule has 0 amide bonds. The maximum Gasteiger partial charge on any atom is 0.123 e. The Morgan fingerprint density at radius 2 is 2.06 bits per heavy atom. The summed E-state index contributed by atoms with van der Waals surface area (Å²) in [6, 6.07) is 6.47. The maximum absolute atomic E-state index is 12.9. The minimum atomic E-state index is -0.402. The lowest BCUT2D eigenvalue weighted by Gasteiger charge is -2.26. The molecule has 16 heavy (non-hydrogen) atoms. The summed E-state index contributed by atoms with van der Waals surface area (Å²) in [5.41, 5.74) is 0.760. The SMILES string of the molecule is CC(C)(C)C(O)CNCc1cccc(F)c1. The number of hydrogen-bond acceptors (Lipinski definition) is 2. The molecule has 1 aromatic rings. The summed E-state index contributed by atoms with van der Waals surface area (Å²) in [5, 5.41) is 12.9. The zero-order chi connectivity index (χ0) is 12.2. The third-order valence-corrected chi connectivity index (χ3v) is 2.56. The van der Waals surface area contributed by atoms with Crippen LogP contribution in [-0.4, -0.2) is 17.8 Å². The van der Waals surface area contributed by atoms with Gasteiger partial charge >= 0.3 is 0 Å². The molecular weight excluding hydrogens is 205 g/mol. The summed E-state index contributed by atoms with van der Waals surface area (Å²) in [6.07, 6.45) is -0.402. The summed E-state index contributed by atoms with van der Waals surface area (Å²) in [6.45, 7) is 7.05. The van der Waals surface area contributed by atoms with Gasteiger partial charge in [0.2, 0.25) is 0 Å². The molecule has 1 atom stereocenters. The molecule has 0 aromatic heterocycles. The van der Waals surface area contributed by atoms with Crippen LogP contribution in [0.5, 0.6) is 0 Å². The zero-order valence-corrected chi connectivity index (χ0v) is 10.1. The van der Waals surface area contributed by atoms with Crippen LogP contribution in [0.1, 0.15) is 26.3 Å². The van der Waals surface area contributed by atoms with E-state index in [-0.39, 0.29) is 11.2 Å². The molecule has 0 spiro atoms. The second kappa shape index (κ2) is 5.41. The van der Waals surface area contributed by atoms with Gasteiger partial charge in [0.25, 0.3) is 0 Å². The van der Waals surface area contributed by atoms with Crippen molar-refractivity contribution in [2.24, 2.45) is 5.41 Å². The molecular formula is C13H20FNO. The number of benzene rings is 1. The first-order valence-corrected chi connectivity index (χ1v) is 5.53. The lowest BCUT2D eigenvalue weighted by atomic mass is 9.89. The molecule has 0 fully saturated rings. The summed E-state index contributed by atoms with van der Waals surface area (Å²) in [7, 11) is 0. The fraction of sp³-hybridized carbons (Fsp3) is 0.538. The molecule has 2 N–H and O–H groups in total. The monoisotopic (exact) mass is 225 g/mol. The Morgan fingerprint density at radius 1 is 1.38 bits per heavy atom. The first kappa shape index (κ1) is 13.1. The molecule has 0 saturated heterocycles. The van der Waals surface area contributed by atoms with Crippen molar-refractivity contribution >= 4 is 0 Å².